The predicted molar refractivity (Wildman–Crippen MR) is 115 cm³/mol. The molecule has 0 saturated carbocycles. The summed E-state index contributed by atoms with van der Waals surface area (Å²) < 4.78 is 16.4. The van der Waals surface area contributed by atoms with E-state index in [1.165, 1.54) is 11.3 Å². The smallest absolute Gasteiger partial charge is 0.203 e. The number of hydrogen-bond acceptors (Lipinski definition) is 8. The molecule has 0 saturated heterocycles. The second-order valence-corrected chi connectivity index (χ2v) is 7.60. The monoisotopic (exact) mass is 415 g/mol. The lowest BCUT2D eigenvalue weighted by molar-refractivity contribution is 0.394. The number of ether oxygens (including phenoxy) is 3. The van der Waals surface area contributed by atoms with E-state index >= 15 is 0 Å². The largest absolute Gasteiger partial charge is 0.497 e. The van der Waals surface area contributed by atoms with Gasteiger partial charge in [-0.05, 0) is 37.3 Å². The van der Waals surface area contributed by atoms with Crippen LogP contribution in [0.3, 0.4) is 0 Å². The van der Waals surface area contributed by atoms with E-state index in [2.05, 4.69) is 15.5 Å². The van der Waals surface area contributed by atoms with Crippen LogP contribution < -0.4 is 19.6 Å². The summed E-state index contributed by atoms with van der Waals surface area (Å²) >= 11 is 3.07. The Balaban J connectivity index is 1.91. The molecule has 0 bridgehead atoms. The number of anilines is 1. The minimum atomic E-state index is 0.729. The van der Waals surface area contributed by atoms with E-state index in [9.17, 15) is 0 Å². The van der Waals surface area contributed by atoms with Crippen molar-refractivity contribution in [1.29, 1.82) is 0 Å². The Bertz CT molecular complexity index is 973. The van der Waals surface area contributed by atoms with Gasteiger partial charge < -0.3 is 14.2 Å². The molecule has 0 aliphatic carbocycles. The van der Waals surface area contributed by atoms with Crippen LogP contribution >= 0.6 is 23.1 Å². The number of benzene rings is 2. The minimum Gasteiger partial charge on any atom is -0.497 e. The molecule has 146 valence electrons. The first-order chi connectivity index (χ1) is 13.6. The van der Waals surface area contributed by atoms with Crippen molar-refractivity contribution in [1.82, 2.24) is 4.98 Å². The first-order valence-corrected chi connectivity index (χ1v) is 10.1. The van der Waals surface area contributed by atoms with Gasteiger partial charge in [-0.15, -0.1) is 11.3 Å². The van der Waals surface area contributed by atoms with Crippen molar-refractivity contribution in [2.75, 3.05) is 26.8 Å². The van der Waals surface area contributed by atoms with E-state index in [1.807, 2.05) is 48.7 Å². The van der Waals surface area contributed by atoms with Crippen molar-refractivity contribution in [3.8, 4) is 17.2 Å². The third-order valence-corrected chi connectivity index (χ3v) is 5.79. The fourth-order valence-electron chi connectivity index (χ4n) is 2.46. The summed E-state index contributed by atoms with van der Waals surface area (Å²) in [6, 6.07) is 11.6. The highest BCUT2D eigenvalue weighted by Crippen LogP contribution is 2.40. The number of hydrazone groups is 1. The molecule has 3 rings (SSSR count). The van der Waals surface area contributed by atoms with Crippen molar-refractivity contribution < 1.29 is 14.2 Å². The zero-order valence-electron chi connectivity index (χ0n) is 16.1. The van der Waals surface area contributed by atoms with E-state index in [-0.39, 0.29) is 0 Å². The molecular formula is C20H21N3O3S2. The summed E-state index contributed by atoms with van der Waals surface area (Å²) in [6.45, 7) is 1.95. The quantitative estimate of drug-likeness (QED) is 0.409. The topological polar surface area (TPSA) is 65.0 Å². The predicted octanol–water partition coefficient (Wildman–Crippen LogP) is 5.07. The number of methoxy groups -OCH3 is 3. The van der Waals surface area contributed by atoms with Gasteiger partial charge in [0.2, 0.25) is 5.13 Å². The highest BCUT2D eigenvalue weighted by atomic mass is 32.2. The second-order valence-electron chi connectivity index (χ2n) is 5.65. The zero-order chi connectivity index (χ0) is 19.9. The molecule has 28 heavy (non-hydrogen) atoms. The van der Waals surface area contributed by atoms with Gasteiger partial charge in [0.1, 0.15) is 17.2 Å². The van der Waals surface area contributed by atoms with Crippen LogP contribution in [0.1, 0.15) is 11.3 Å². The molecule has 0 amide bonds. The first-order valence-electron chi connectivity index (χ1n) is 8.42. The van der Waals surface area contributed by atoms with Crippen LogP contribution in [-0.2, 0) is 0 Å². The third-order valence-electron chi connectivity index (χ3n) is 3.81. The van der Waals surface area contributed by atoms with Crippen molar-refractivity contribution in [2.24, 2.45) is 5.10 Å². The Hall–Kier alpha value is -2.71. The zero-order valence-corrected chi connectivity index (χ0v) is 17.7. The number of aromatic nitrogens is 1. The number of nitrogens with one attached hydrogen (secondary N) is 1. The maximum absolute atomic E-state index is 5.53. The Morgan fingerprint density at radius 1 is 1.04 bits per heavy atom. The van der Waals surface area contributed by atoms with Gasteiger partial charge in [0.25, 0.3) is 0 Å². The van der Waals surface area contributed by atoms with Gasteiger partial charge in [-0.1, -0.05) is 17.8 Å². The van der Waals surface area contributed by atoms with Crippen LogP contribution in [0.4, 0.5) is 5.13 Å². The molecule has 3 aromatic rings. The maximum atomic E-state index is 5.53. The average molecular weight is 416 g/mol. The van der Waals surface area contributed by atoms with Crippen molar-refractivity contribution in [3.05, 3.63) is 53.0 Å². The summed E-state index contributed by atoms with van der Waals surface area (Å²) in [5.74, 6) is 2.27. The molecule has 8 heteroatoms. The van der Waals surface area contributed by atoms with Crippen LogP contribution in [-0.4, -0.2) is 32.5 Å². The van der Waals surface area contributed by atoms with E-state index in [0.717, 1.165) is 43.4 Å². The molecule has 6 nitrogen and oxygen atoms in total. The van der Waals surface area contributed by atoms with Gasteiger partial charge >= 0.3 is 0 Å². The van der Waals surface area contributed by atoms with E-state index < -0.39 is 0 Å². The van der Waals surface area contributed by atoms with Gasteiger partial charge in [-0.25, -0.2) is 4.98 Å². The minimum absolute atomic E-state index is 0.729. The van der Waals surface area contributed by atoms with Gasteiger partial charge in [-0.2, -0.15) is 5.10 Å². The molecular weight excluding hydrogens is 394 g/mol. The second kappa shape index (κ2) is 9.48. The molecule has 0 spiro atoms. The van der Waals surface area contributed by atoms with Crippen molar-refractivity contribution >= 4 is 34.4 Å². The number of aryl methyl sites for hydroxylation is 1. The first kappa shape index (κ1) is 20.0. The standard InChI is InChI=1S/C20H21N3O3S2/c1-13-12-27-20(22-13)23-21-11-15-16(25-3)6-5-7-18(15)28-19-10-14(24-2)8-9-17(19)26-4/h5-12H,1-4H3,(H,22,23). The summed E-state index contributed by atoms with van der Waals surface area (Å²) in [5.41, 5.74) is 4.79. The molecule has 1 heterocycles. The highest BCUT2D eigenvalue weighted by molar-refractivity contribution is 7.99. The lowest BCUT2D eigenvalue weighted by Gasteiger charge is -2.13. The van der Waals surface area contributed by atoms with Crippen LogP contribution in [0.15, 0.2) is 56.7 Å². The Morgan fingerprint density at radius 2 is 1.86 bits per heavy atom. The number of thiazole rings is 1. The van der Waals surface area contributed by atoms with Gasteiger partial charge in [-0.3, -0.25) is 5.43 Å². The molecule has 0 radical (unpaired) electrons. The number of hydrogen-bond donors (Lipinski definition) is 1. The Morgan fingerprint density at radius 3 is 2.54 bits per heavy atom. The van der Waals surface area contributed by atoms with Gasteiger partial charge in [0.15, 0.2) is 0 Å². The fraction of sp³-hybridized carbons (Fsp3) is 0.200. The van der Waals surface area contributed by atoms with E-state index in [4.69, 9.17) is 14.2 Å². The van der Waals surface area contributed by atoms with Crippen LogP contribution in [0.25, 0.3) is 0 Å². The van der Waals surface area contributed by atoms with Crippen molar-refractivity contribution in [2.45, 2.75) is 16.7 Å². The fourth-order valence-corrected chi connectivity index (χ4v) is 4.17. The molecule has 0 fully saturated rings. The van der Waals surface area contributed by atoms with Crippen LogP contribution in [0.5, 0.6) is 17.2 Å². The molecule has 0 unspecified atom stereocenters. The number of nitrogens with zero attached hydrogens (tertiary/aromatic N) is 2. The Kier molecular flexibility index (Phi) is 6.78. The van der Waals surface area contributed by atoms with Crippen LogP contribution in [0.2, 0.25) is 0 Å². The molecule has 0 aliphatic heterocycles. The normalized spacial score (nSPS) is 10.9. The lowest BCUT2D eigenvalue weighted by Crippen LogP contribution is -1.97. The average Bonchev–Trinajstić information content (AvgIpc) is 3.13. The SMILES string of the molecule is COc1ccc(OC)c(Sc2cccc(OC)c2C=NNc2nc(C)cs2)c1. The van der Waals surface area contributed by atoms with Crippen molar-refractivity contribution in [3.63, 3.8) is 0 Å². The van der Waals surface area contributed by atoms with E-state index in [1.54, 1.807) is 39.3 Å². The summed E-state index contributed by atoms with van der Waals surface area (Å²) in [5, 5.41) is 7.05. The summed E-state index contributed by atoms with van der Waals surface area (Å²) in [7, 11) is 4.94. The van der Waals surface area contributed by atoms with E-state index in [0.29, 0.717) is 0 Å². The molecule has 0 aliphatic rings. The molecule has 1 N–H and O–H groups in total. The molecule has 2 aromatic carbocycles. The highest BCUT2D eigenvalue weighted by Gasteiger charge is 2.13. The summed E-state index contributed by atoms with van der Waals surface area (Å²) in [4.78, 5) is 6.26. The van der Waals surface area contributed by atoms with Gasteiger partial charge in [0.05, 0.1) is 43.7 Å². The van der Waals surface area contributed by atoms with Gasteiger partial charge in [0, 0.05) is 10.3 Å². The molecule has 0 atom stereocenters. The third kappa shape index (κ3) is 4.76. The molecule has 1 aromatic heterocycles. The Labute approximate surface area is 172 Å². The maximum Gasteiger partial charge on any atom is 0.203 e. The number of rotatable bonds is 8. The van der Waals surface area contributed by atoms with Crippen LogP contribution in [0, 0.1) is 6.92 Å². The lowest BCUT2D eigenvalue weighted by atomic mass is 10.2. The summed E-state index contributed by atoms with van der Waals surface area (Å²) in [6.07, 6.45) is 1.74.